The molecule has 5 heteroatoms. The molecule has 0 aromatic carbocycles. The van der Waals surface area contributed by atoms with Gasteiger partial charge >= 0.3 is 0 Å². The zero-order chi connectivity index (χ0) is 12.7. The summed E-state index contributed by atoms with van der Waals surface area (Å²) in [6.07, 6.45) is 2.06. The van der Waals surface area contributed by atoms with Crippen LogP contribution in [0.15, 0.2) is 35.0 Å². The summed E-state index contributed by atoms with van der Waals surface area (Å²) >= 11 is 5.84. The van der Waals surface area contributed by atoms with Crippen LogP contribution < -0.4 is 0 Å². The largest absolute Gasteiger partial charge is 0.276 e. The number of nitro groups is 1. The summed E-state index contributed by atoms with van der Waals surface area (Å²) in [5.74, 6) is 0. The van der Waals surface area contributed by atoms with E-state index in [-0.39, 0.29) is 6.42 Å². The highest BCUT2D eigenvalue weighted by Crippen LogP contribution is 2.20. The first kappa shape index (κ1) is 14.8. The molecule has 0 fully saturated rings. The highest BCUT2D eigenvalue weighted by Gasteiger charge is 2.18. The molecule has 0 rings (SSSR count). The number of alkyl halides is 1. The van der Waals surface area contributed by atoms with Gasteiger partial charge in [-0.3, -0.25) is 10.1 Å². The van der Waals surface area contributed by atoms with Gasteiger partial charge in [0, 0.05) is 5.03 Å². The van der Waals surface area contributed by atoms with E-state index in [1.165, 1.54) is 12.2 Å². The van der Waals surface area contributed by atoms with E-state index in [0.717, 1.165) is 12.5 Å². The second kappa shape index (κ2) is 7.17. The van der Waals surface area contributed by atoms with Crippen LogP contribution in [0.5, 0.6) is 0 Å². The normalized spacial score (nSPS) is 15.4. The van der Waals surface area contributed by atoms with Gasteiger partial charge in [0.25, 0.3) is 5.70 Å². The summed E-state index contributed by atoms with van der Waals surface area (Å²) in [5, 5.41) is 11.0. The predicted octanol–water partition coefficient (Wildman–Crippen LogP) is 3.98. The monoisotopic (exact) mass is 247 g/mol. The van der Waals surface area contributed by atoms with Crippen molar-refractivity contribution >= 4 is 11.6 Å². The van der Waals surface area contributed by atoms with Gasteiger partial charge in [-0.25, -0.2) is 4.39 Å². The number of rotatable bonds is 6. The molecule has 1 atom stereocenters. The smallest absolute Gasteiger partial charge is 0.259 e. The van der Waals surface area contributed by atoms with Crippen molar-refractivity contribution < 1.29 is 9.31 Å². The molecule has 3 nitrogen and oxygen atoms in total. The van der Waals surface area contributed by atoms with Gasteiger partial charge in [0.05, 0.1) is 4.92 Å². The Morgan fingerprint density at radius 3 is 2.56 bits per heavy atom. The maximum atomic E-state index is 12.9. The third-order valence-corrected chi connectivity index (χ3v) is 2.54. The van der Waals surface area contributed by atoms with E-state index in [0.29, 0.717) is 11.5 Å². The fourth-order valence-corrected chi connectivity index (χ4v) is 1.38. The molecule has 0 bridgehead atoms. The van der Waals surface area contributed by atoms with Crippen LogP contribution >= 0.6 is 11.6 Å². The van der Waals surface area contributed by atoms with E-state index < -0.39 is 16.8 Å². The van der Waals surface area contributed by atoms with Crippen molar-refractivity contribution in [3.05, 3.63) is 45.1 Å². The lowest BCUT2D eigenvalue weighted by molar-refractivity contribution is -0.433. The van der Waals surface area contributed by atoms with Gasteiger partial charge in [-0.05, 0) is 31.4 Å². The van der Waals surface area contributed by atoms with Gasteiger partial charge in [0.15, 0.2) is 6.17 Å². The van der Waals surface area contributed by atoms with E-state index in [2.05, 4.69) is 6.58 Å². The molecule has 0 radical (unpaired) electrons. The molecule has 1 unspecified atom stereocenters. The minimum atomic E-state index is -1.59. The van der Waals surface area contributed by atoms with Crippen molar-refractivity contribution in [2.75, 3.05) is 0 Å². The third kappa shape index (κ3) is 4.57. The number of allylic oxidation sites excluding steroid dienone is 5. The first-order valence-corrected chi connectivity index (χ1v) is 5.30. The van der Waals surface area contributed by atoms with E-state index >= 15 is 0 Å². The van der Waals surface area contributed by atoms with Crippen LogP contribution in [0.25, 0.3) is 0 Å². The van der Waals surface area contributed by atoms with Crippen molar-refractivity contribution in [2.24, 2.45) is 0 Å². The van der Waals surface area contributed by atoms with Crippen LogP contribution in [-0.4, -0.2) is 11.1 Å². The Kier molecular flexibility index (Phi) is 6.65. The molecule has 0 N–H and O–H groups in total. The maximum absolute atomic E-state index is 12.9. The minimum absolute atomic E-state index is 0.270. The molecule has 90 valence electrons. The van der Waals surface area contributed by atoms with Gasteiger partial charge < -0.3 is 0 Å². The molecule has 0 aliphatic rings. The molecule has 0 saturated carbocycles. The lowest BCUT2D eigenvalue weighted by Gasteiger charge is -2.03. The number of nitrogens with zero attached hydrogens (tertiary/aromatic N) is 1. The number of hydrogen-bond acceptors (Lipinski definition) is 2. The molecular weight excluding hydrogens is 233 g/mol. The number of halogens is 2. The summed E-state index contributed by atoms with van der Waals surface area (Å²) in [6, 6.07) is 0. The molecule has 0 aromatic rings. The molecule has 0 aliphatic carbocycles. The Morgan fingerprint density at radius 1 is 1.69 bits per heavy atom. The average molecular weight is 248 g/mol. The summed E-state index contributed by atoms with van der Waals surface area (Å²) in [4.78, 5) is 9.80. The highest BCUT2D eigenvalue weighted by atomic mass is 35.5. The fourth-order valence-electron chi connectivity index (χ4n) is 1.17. The fraction of sp³-hybridized carbons (Fsp3) is 0.455. The SMILES string of the molecule is C=C/C(Cl)=C(/CC)CC=C(C(C)F)[N+](=O)[O-]. The summed E-state index contributed by atoms with van der Waals surface area (Å²) in [7, 11) is 0. The average Bonchev–Trinajstić information content (AvgIpc) is 2.22. The quantitative estimate of drug-likeness (QED) is 0.405. The predicted molar refractivity (Wildman–Crippen MR) is 63.6 cm³/mol. The molecule has 0 aromatic heterocycles. The molecular formula is C11H15ClFNO2. The summed E-state index contributed by atoms with van der Waals surface area (Å²) < 4.78 is 12.9. The Balaban J connectivity index is 4.91. The maximum Gasteiger partial charge on any atom is 0.276 e. The summed E-state index contributed by atoms with van der Waals surface area (Å²) in [5.41, 5.74) is 0.371. The summed E-state index contributed by atoms with van der Waals surface area (Å²) in [6.45, 7) is 6.52. The van der Waals surface area contributed by atoms with E-state index in [1.54, 1.807) is 0 Å². The van der Waals surface area contributed by atoms with Crippen LogP contribution in [0.4, 0.5) is 4.39 Å². The molecule has 0 spiro atoms. The first-order chi connectivity index (χ1) is 7.43. The van der Waals surface area contributed by atoms with E-state index in [4.69, 9.17) is 11.6 Å². The van der Waals surface area contributed by atoms with Crippen LogP contribution in [-0.2, 0) is 0 Å². The molecule has 0 heterocycles. The standard InChI is InChI=1S/C11H15ClFNO2/c1-4-9(10(12)5-2)6-7-11(8(3)13)14(15)16/h5,7-8H,2,4,6H2,1,3H3/b10-9+,11-7?. The van der Waals surface area contributed by atoms with Crippen molar-refractivity contribution in [1.29, 1.82) is 0 Å². The molecule has 0 amide bonds. The zero-order valence-electron chi connectivity index (χ0n) is 9.37. The van der Waals surface area contributed by atoms with E-state index in [9.17, 15) is 14.5 Å². The Labute approximate surface area is 99.4 Å². The second-order valence-corrected chi connectivity index (χ2v) is 3.62. The zero-order valence-corrected chi connectivity index (χ0v) is 10.1. The van der Waals surface area contributed by atoms with Gasteiger partial charge in [-0.2, -0.15) is 0 Å². The molecule has 16 heavy (non-hydrogen) atoms. The molecule has 0 saturated heterocycles. The van der Waals surface area contributed by atoms with Crippen LogP contribution in [0, 0.1) is 10.1 Å². The van der Waals surface area contributed by atoms with Crippen LogP contribution in [0.2, 0.25) is 0 Å². The van der Waals surface area contributed by atoms with Crippen LogP contribution in [0.1, 0.15) is 26.7 Å². The van der Waals surface area contributed by atoms with Crippen molar-refractivity contribution in [3.63, 3.8) is 0 Å². The number of hydrogen-bond donors (Lipinski definition) is 0. The highest BCUT2D eigenvalue weighted by molar-refractivity contribution is 6.31. The van der Waals surface area contributed by atoms with Crippen molar-refractivity contribution in [2.45, 2.75) is 32.9 Å². The Morgan fingerprint density at radius 2 is 2.25 bits per heavy atom. The van der Waals surface area contributed by atoms with Gasteiger partial charge in [0.2, 0.25) is 0 Å². The van der Waals surface area contributed by atoms with Gasteiger partial charge in [-0.15, -0.1) is 0 Å². The van der Waals surface area contributed by atoms with Crippen molar-refractivity contribution in [3.8, 4) is 0 Å². The van der Waals surface area contributed by atoms with E-state index in [1.807, 2.05) is 6.92 Å². The molecule has 0 aliphatic heterocycles. The lowest BCUT2D eigenvalue weighted by atomic mass is 10.1. The van der Waals surface area contributed by atoms with Crippen LogP contribution in [0.3, 0.4) is 0 Å². The topological polar surface area (TPSA) is 43.1 Å². The Hall–Kier alpha value is -1.16. The minimum Gasteiger partial charge on any atom is -0.259 e. The lowest BCUT2D eigenvalue weighted by Crippen LogP contribution is -2.09. The van der Waals surface area contributed by atoms with Gasteiger partial charge in [-0.1, -0.05) is 31.2 Å². The Bertz CT molecular complexity index is 335. The van der Waals surface area contributed by atoms with Crippen molar-refractivity contribution in [1.82, 2.24) is 0 Å². The second-order valence-electron chi connectivity index (χ2n) is 3.22. The van der Waals surface area contributed by atoms with Gasteiger partial charge in [0.1, 0.15) is 0 Å². The third-order valence-electron chi connectivity index (χ3n) is 2.12. The first-order valence-electron chi connectivity index (χ1n) is 4.92.